The minimum Gasteiger partial charge on any atom is -0.375 e. The van der Waals surface area contributed by atoms with Crippen molar-refractivity contribution in [1.82, 2.24) is 4.90 Å². The van der Waals surface area contributed by atoms with E-state index in [2.05, 4.69) is 18.4 Å². The molecule has 1 N–H and O–H groups in total. The molecule has 5 nitrogen and oxygen atoms in total. The summed E-state index contributed by atoms with van der Waals surface area (Å²) in [4.78, 5) is 22.9. The molecule has 1 amide bonds. The Hall–Kier alpha value is -0.540. The second-order valence-electron chi connectivity index (χ2n) is 6.76. The molecule has 0 aliphatic rings. The van der Waals surface area contributed by atoms with Gasteiger partial charge in [-0.1, -0.05) is 65.2 Å². The molecule has 0 saturated carbocycles. The van der Waals surface area contributed by atoms with Gasteiger partial charge in [0.15, 0.2) is 0 Å². The highest BCUT2D eigenvalue weighted by Crippen LogP contribution is 2.37. The zero-order chi connectivity index (χ0) is 18.4. The van der Waals surface area contributed by atoms with E-state index in [9.17, 15) is 14.3 Å². The van der Waals surface area contributed by atoms with Crippen molar-refractivity contribution in [3.63, 3.8) is 0 Å². The van der Waals surface area contributed by atoms with Crippen molar-refractivity contribution in [2.24, 2.45) is 5.92 Å². The molecule has 0 fully saturated rings. The number of carbonyl (C=O) groups excluding carboxylic acids is 1. The molecule has 0 aromatic heterocycles. The molecule has 0 heterocycles. The molecule has 24 heavy (non-hydrogen) atoms. The highest BCUT2D eigenvalue weighted by atomic mass is 31.2. The summed E-state index contributed by atoms with van der Waals surface area (Å²) in [5, 5.41) is 0. The predicted octanol–water partition coefficient (Wildman–Crippen LogP) is 5.82. The normalized spacial score (nSPS) is 13.8. The van der Waals surface area contributed by atoms with Crippen LogP contribution in [0.25, 0.3) is 0 Å². The fourth-order valence-electron chi connectivity index (χ4n) is 2.89. The Balaban J connectivity index is 4.53. The molecule has 0 aromatic carbocycles. The van der Waals surface area contributed by atoms with Crippen LogP contribution in [0.15, 0.2) is 0 Å². The summed E-state index contributed by atoms with van der Waals surface area (Å²) in [6.45, 7) is 8.45. The van der Waals surface area contributed by atoms with E-state index in [1.807, 2.05) is 6.92 Å². The lowest BCUT2D eigenvalue weighted by Gasteiger charge is -2.26. The van der Waals surface area contributed by atoms with E-state index in [-0.39, 0.29) is 0 Å². The zero-order valence-corrected chi connectivity index (χ0v) is 17.0. The van der Waals surface area contributed by atoms with Crippen molar-refractivity contribution in [2.45, 2.75) is 85.0 Å². The first-order valence-electron chi connectivity index (χ1n) is 9.62. The molecular weight excluding hydrogens is 325 g/mol. The fourth-order valence-corrected chi connectivity index (χ4v) is 3.30. The lowest BCUT2D eigenvalue weighted by Crippen LogP contribution is -2.35. The minimum atomic E-state index is -3.78. The Morgan fingerprint density at radius 3 is 1.88 bits per heavy atom. The van der Waals surface area contributed by atoms with E-state index in [1.165, 1.54) is 51.4 Å². The van der Waals surface area contributed by atoms with Gasteiger partial charge in [-0.25, -0.2) is 9.36 Å². The second-order valence-corrected chi connectivity index (χ2v) is 8.55. The van der Waals surface area contributed by atoms with Crippen molar-refractivity contribution < 1.29 is 18.8 Å². The minimum absolute atomic E-state index is 0.446. The molecular formula is C18H38NO4P. The lowest BCUT2D eigenvalue weighted by molar-refractivity contribution is 0.138. The number of hydrogen-bond acceptors (Lipinski definition) is 3. The summed E-state index contributed by atoms with van der Waals surface area (Å²) in [5.74, 6) is 0.446. The van der Waals surface area contributed by atoms with Crippen molar-refractivity contribution >= 4 is 13.7 Å². The number of carbonyl (C=O) groups is 1. The van der Waals surface area contributed by atoms with Gasteiger partial charge < -0.3 is 14.3 Å². The molecule has 1 atom stereocenters. The first-order chi connectivity index (χ1) is 11.3. The van der Waals surface area contributed by atoms with Crippen LogP contribution in [-0.2, 0) is 9.09 Å². The highest BCUT2D eigenvalue weighted by Gasteiger charge is 2.24. The monoisotopic (exact) mass is 363 g/mol. The van der Waals surface area contributed by atoms with Crippen LogP contribution in [0.4, 0.5) is 4.79 Å². The average molecular weight is 363 g/mol. The summed E-state index contributed by atoms with van der Waals surface area (Å²) in [5.41, 5.74) is 0. The second kappa shape index (κ2) is 13.7. The Bertz CT molecular complexity index is 358. The third-order valence-corrected chi connectivity index (χ3v) is 4.79. The number of hydrogen-bond donors (Lipinski definition) is 1. The van der Waals surface area contributed by atoms with Crippen LogP contribution in [0.3, 0.4) is 0 Å². The van der Waals surface area contributed by atoms with Crippen LogP contribution in [-0.4, -0.2) is 35.6 Å². The predicted molar refractivity (Wildman–Crippen MR) is 100 cm³/mol. The van der Waals surface area contributed by atoms with Crippen LogP contribution in [0.2, 0.25) is 0 Å². The largest absolute Gasteiger partial charge is 0.416 e. The molecule has 0 bridgehead atoms. The van der Waals surface area contributed by atoms with Crippen molar-refractivity contribution in [3.8, 4) is 0 Å². The molecule has 0 radical (unpaired) electrons. The average Bonchev–Trinajstić information content (AvgIpc) is 2.50. The number of nitrogens with zero attached hydrogens (tertiary/aromatic N) is 1. The maximum absolute atomic E-state index is 12.0. The van der Waals surface area contributed by atoms with Gasteiger partial charge in [-0.2, -0.15) is 0 Å². The Labute approximate surface area is 148 Å². The molecule has 6 heteroatoms. The zero-order valence-electron chi connectivity index (χ0n) is 16.1. The van der Waals surface area contributed by atoms with E-state index in [1.54, 1.807) is 4.90 Å². The molecule has 0 aliphatic carbocycles. The van der Waals surface area contributed by atoms with Gasteiger partial charge in [-0.05, 0) is 25.7 Å². The third-order valence-electron chi connectivity index (χ3n) is 4.30. The molecule has 0 saturated heterocycles. The quantitative estimate of drug-likeness (QED) is 0.312. The van der Waals surface area contributed by atoms with Crippen molar-refractivity contribution in [1.29, 1.82) is 0 Å². The van der Waals surface area contributed by atoms with Gasteiger partial charge in [-0.3, -0.25) is 0 Å². The SMILES string of the molecule is CCCCCCC(CCCCCC)CN(CC)C(=O)OP(C)(=O)O. The maximum Gasteiger partial charge on any atom is 0.416 e. The van der Waals surface area contributed by atoms with Crippen LogP contribution < -0.4 is 0 Å². The summed E-state index contributed by atoms with van der Waals surface area (Å²) >= 11 is 0. The standard InChI is InChI=1S/C18H38NO4P/c1-5-8-10-12-14-17(15-13-11-9-6-2)16-19(7-3)18(20)23-24(4,21)22/h17H,5-16H2,1-4H3,(H,21,22). The molecule has 0 spiro atoms. The number of rotatable bonds is 14. The van der Waals surface area contributed by atoms with E-state index in [4.69, 9.17) is 0 Å². The van der Waals surface area contributed by atoms with Crippen LogP contribution in [0.5, 0.6) is 0 Å². The van der Waals surface area contributed by atoms with Gasteiger partial charge >= 0.3 is 13.7 Å². The van der Waals surface area contributed by atoms with E-state index >= 15 is 0 Å². The first-order valence-corrected chi connectivity index (χ1v) is 11.6. The smallest absolute Gasteiger partial charge is 0.375 e. The topological polar surface area (TPSA) is 66.8 Å². The highest BCUT2D eigenvalue weighted by molar-refractivity contribution is 7.52. The van der Waals surface area contributed by atoms with E-state index in [0.717, 1.165) is 19.5 Å². The summed E-state index contributed by atoms with van der Waals surface area (Å²) in [7, 11) is -3.78. The van der Waals surface area contributed by atoms with Crippen LogP contribution in [0, 0.1) is 5.92 Å². The van der Waals surface area contributed by atoms with Gasteiger partial charge in [0.2, 0.25) is 0 Å². The molecule has 0 aliphatic heterocycles. The first kappa shape index (κ1) is 23.5. The van der Waals surface area contributed by atoms with Gasteiger partial charge in [0.05, 0.1) is 0 Å². The fraction of sp³-hybridized carbons (Fsp3) is 0.944. The maximum atomic E-state index is 12.0. The van der Waals surface area contributed by atoms with E-state index < -0.39 is 13.7 Å². The van der Waals surface area contributed by atoms with Gasteiger partial charge in [0.25, 0.3) is 0 Å². The van der Waals surface area contributed by atoms with Crippen LogP contribution >= 0.6 is 7.60 Å². The third kappa shape index (κ3) is 12.8. The number of amides is 1. The van der Waals surface area contributed by atoms with Crippen molar-refractivity contribution in [2.75, 3.05) is 19.8 Å². The van der Waals surface area contributed by atoms with Crippen LogP contribution in [0.1, 0.15) is 85.0 Å². The van der Waals surface area contributed by atoms with Gasteiger partial charge in [0.1, 0.15) is 0 Å². The molecule has 1 unspecified atom stereocenters. The lowest BCUT2D eigenvalue weighted by atomic mass is 9.94. The van der Waals surface area contributed by atoms with Gasteiger partial charge in [0, 0.05) is 19.8 Å². The van der Waals surface area contributed by atoms with Crippen molar-refractivity contribution in [3.05, 3.63) is 0 Å². The molecule has 144 valence electrons. The number of unbranched alkanes of at least 4 members (excludes halogenated alkanes) is 6. The Kier molecular flexibility index (Phi) is 13.4. The van der Waals surface area contributed by atoms with Gasteiger partial charge in [-0.15, -0.1) is 0 Å². The molecule has 0 rings (SSSR count). The Morgan fingerprint density at radius 2 is 1.50 bits per heavy atom. The Morgan fingerprint density at radius 1 is 1.00 bits per heavy atom. The molecule has 0 aromatic rings. The summed E-state index contributed by atoms with van der Waals surface area (Å²) in [6.07, 6.45) is 11.3. The summed E-state index contributed by atoms with van der Waals surface area (Å²) < 4.78 is 16.0. The summed E-state index contributed by atoms with van der Waals surface area (Å²) in [6, 6.07) is 0. The van der Waals surface area contributed by atoms with E-state index in [0.29, 0.717) is 19.0 Å².